The summed E-state index contributed by atoms with van der Waals surface area (Å²) in [7, 11) is 0. The van der Waals surface area contributed by atoms with Gasteiger partial charge in [-0.25, -0.2) is 0 Å². The van der Waals surface area contributed by atoms with Crippen LogP contribution in [0.4, 0.5) is 5.69 Å². The van der Waals surface area contributed by atoms with Crippen LogP contribution in [-0.2, 0) is 0 Å². The van der Waals surface area contributed by atoms with Gasteiger partial charge < -0.3 is 4.90 Å². The predicted molar refractivity (Wildman–Crippen MR) is 90.5 cm³/mol. The Morgan fingerprint density at radius 2 is 1.77 bits per heavy atom. The molecule has 4 nitrogen and oxygen atoms in total. The largest absolute Gasteiger partial charge is 0.372 e. The Labute approximate surface area is 130 Å². The zero-order chi connectivity index (χ0) is 14.8. The second kappa shape index (κ2) is 5.89. The summed E-state index contributed by atoms with van der Waals surface area (Å²) in [6, 6.07) is 12.9. The Hall–Kier alpha value is -2.20. The molecule has 2 aliphatic heterocycles. The first-order valence-electron chi connectivity index (χ1n) is 7.96. The number of rotatable bonds is 3. The van der Waals surface area contributed by atoms with Crippen LogP contribution < -0.4 is 10.2 Å². The van der Waals surface area contributed by atoms with E-state index in [9.17, 15) is 0 Å². The zero-order valence-corrected chi connectivity index (χ0v) is 12.6. The molecule has 22 heavy (non-hydrogen) atoms. The van der Waals surface area contributed by atoms with Crippen LogP contribution in [0.1, 0.15) is 18.4 Å². The van der Waals surface area contributed by atoms with Gasteiger partial charge in [0.25, 0.3) is 0 Å². The van der Waals surface area contributed by atoms with Gasteiger partial charge in [0.05, 0.1) is 18.1 Å². The molecule has 1 saturated heterocycles. The number of hydrogen-bond acceptors (Lipinski definition) is 4. The van der Waals surface area contributed by atoms with Crippen molar-refractivity contribution in [1.82, 2.24) is 10.3 Å². The van der Waals surface area contributed by atoms with Gasteiger partial charge in [0, 0.05) is 42.6 Å². The molecule has 0 spiro atoms. The van der Waals surface area contributed by atoms with Crippen molar-refractivity contribution >= 4 is 11.4 Å². The lowest BCUT2D eigenvalue weighted by Crippen LogP contribution is -2.17. The van der Waals surface area contributed by atoms with E-state index >= 15 is 0 Å². The fraction of sp³-hybridized carbons (Fsp3) is 0.333. The van der Waals surface area contributed by atoms with Crippen LogP contribution in [0.2, 0.25) is 0 Å². The van der Waals surface area contributed by atoms with Crippen molar-refractivity contribution in [2.24, 2.45) is 4.99 Å². The second-order valence-corrected chi connectivity index (χ2v) is 5.86. The van der Waals surface area contributed by atoms with Crippen LogP contribution in [0.3, 0.4) is 0 Å². The average molecular weight is 292 g/mol. The predicted octanol–water partition coefficient (Wildman–Crippen LogP) is 2.70. The average Bonchev–Trinajstić information content (AvgIpc) is 3.29. The third kappa shape index (κ3) is 2.62. The van der Waals surface area contributed by atoms with Gasteiger partial charge in [-0.1, -0.05) is 12.1 Å². The molecule has 1 fully saturated rings. The Morgan fingerprint density at radius 1 is 0.955 bits per heavy atom. The third-order valence-corrected chi connectivity index (χ3v) is 4.40. The van der Waals surface area contributed by atoms with E-state index in [0.717, 1.165) is 30.2 Å². The first kappa shape index (κ1) is 13.5. The minimum atomic E-state index is 0.720. The lowest BCUT2D eigenvalue weighted by atomic mass is 10.1. The van der Waals surface area contributed by atoms with Crippen LogP contribution in [-0.4, -0.2) is 37.0 Å². The number of nitrogens with zero attached hydrogens (tertiary/aromatic N) is 3. The first-order valence-corrected chi connectivity index (χ1v) is 7.96. The van der Waals surface area contributed by atoms with Crippen molar-refractivity contribution in [3.63, 3.8) is 0 Å². The molecule has 0 saturated carbocycles. The molecule has 3 heterocycles. The molecule has 0 amide bonds. The van der Waals surface area contributed by atoms with E-state index in [1.165, 1.54) is 37.2 Å². The second-order valence-electron chi connectivity index (χ2n) is 5.86. The van der Waals surface area contributed by atoms with Crippen LogP contribution in [0.5, 0.6) is 0 Å². The van der Waals surface area contributed by atoms with E-state index in [1.54, 1.807) is 0 Å². The first-order chi connectivity index (χ1) is 10.9. The van der Waals surface area contributed by atoms with Crippen LogP contribution in [0, 0.1) is 0 Å². The molecule has 4 heteroatoms. The van der Waals surface area contributed by atoms with E-state index < -0.39 is 0 Å². The fourth-order valence-electron chi connectivity index (χ4n) is 3.16. The maximum atomic E-state index is 4.52. The summed E-state index contributed by atoms with van der Waals surface area (Å²) in [5.74, 6) is 0. The van der Waals surface area contributed by atoms with Gasteiger partial charge in [0.2, 0.25) is 0 Å². The maximum absolute atomic E-state index is 4.52. The number of benzene rings is 1. The summed E-state index contributed by atoms with van der Waals surface area (Å²) in [4.78, 5) is 11.4. The van der Waals surface area contributed by atoms with Crippen LogP contribution in [0.25, 0.3) is 11.3 Å². The van der Waals surface area contributed by atoms with Crippen molar-refractivity contribution in [1.29, 1.82) is 0 Å². The van der Waals surface area contributed by atoms with E-state index in [1.807, 2.05) is 12.3 Å². The number of pyridine rings is 1. The molecule has 0 bridgehead atoms. The van der Waals surface area contributed by atoms with Crippen molar-refractivity contribution in [2.45, 2.75) is 12.8 Å². The van der Waals surface area contributed by atoms with Crippen molar-refractivity contribution in [3.8, 4) is 11.3 Å². The minimum Gasteiger partial charge on any atom is -0.372 e. The van der Waals surface area contributed by atoms with Gasteiger partial charge in [-0.2, -0.15) is 0 Å². The highest BCUT2D eigenvalue weighted by molar-refractivity contribution is 6.03. The molecule has 1 aromatic carbocycles. The van der Waals surface area contributed by atoms with Gasteiger partial charge in [0.15, 0.2) is 0 Å². The van der Waals surface area contributed by atoms with Gasteiger partial charge in [0.1, 0.15) is 0 Å². The Balaban J connectivity index is 1.60. The van der Waals surface area contributed by atoms with Gasteiger partial charge in [-0.3, -0.25) is 15.3 Å². The Bertz CT molecular complexity index is 684. The van der Waals surface area contributed by atoms with E-state index in [-0.39, 0.29) is 0 Å². The molecule has 2 aliphatic rings. The molecule has 0 atom stereocenters. The smallest absolute Gasteiger partial charge is 0.0891 e. The Kier molecular flexibility index (Phi) is 3.60. The molecule has 4 rings (SSSR count). The molecule has 2 aromatic rings. The van der Waals surface area contributed by atoms with Crippen molar-refractivity contribution in [3.05, 3.63) is 48.2 Å². The van der Waals surface area contributed by atoms with Gasteiger partial charge in [-0.15, -0.1) is 0 Å². The van der Waals surface area contributed by atoms with Crippen molar-refractivity contribution in [2.75, 3.05) is 31.2 Å². The molecule has 0 unspecified atom stereocenters. The van der Waals surface area contributed by atoms with E-state index in [0.29, 0.717) is 0 Å². The van der Waals surface area contributed by atoms with Crippen LogP contribution in [0.15, 0.2) is 47.6 Å². The van der Waals surface area contributed by atoms with Crippen LogP contribution >= 0.6 is 0 Å². The normalized spacial score (nSPS) is 17.8. The topological polar surface area (TPSA) is 40.5 Å². The summed E-state index contributed by atoms with van der Waals surface area (Å²) in [5, 5.41) is 3.24. The highest BCUT2D eigenvalue weighted by Crippen LogP contribution is 2.25. The quantitative estimate of drug-likeness (QED) is 0.945. The number of hydrogen-bond donors (Lipinski definition) is 1. The SMILES string of the molecule is c1cc(C2=NCNC2)cc(-c2ccc(N3CCCC3)cc2)n1. The minimum absolute atomic E-state index is 0.720. The molecule has 0 radical (unpaired) electrons. The summed E-state index contributed by atoms with van der Waals surface area (Å²) >= 11 is 0. The lowest BCUT2D eigenvalue weighted by molar-refractivity contribution is 0.850. The summed E-state index contributed by atoms with van der Waals surface area (Å²) in [6.07, 6.45) is 4.49. The third-order valence-electron chi connectivity index (χ3n) is 4.40. The fourth-order valence-corrected chi connectivity index (χ4v) is 3.16. The monoisotopic (exact) mass is 292 g/mol. The number of aliphatic imine (C=N–C) groups is 1. The van der Waals surface area contributed by atoms with E-state index in [2.05, 4.69) is 50.5 Å². The maximum Gasteiger partial charge on any atom is 0.0891 e. The molecule has 1 aromatic heterocycles. The summed E-state index contributed by atoms with van der Waals surface area (Å²) in [5.41, 5.74) is 5.79. The molecule has 112 valence electrons. The molecule has 1 N–H and O–H groups in total. The number of anilines is 1. The highest BCUT2D eigenvalue weighted by Gasteiger charge is 2.13. The Morgan fingerprint density at radius 3 is 2.50 bits per heavy atom. The number of aromatic nitrogens is 1. The lowest BCUT2D eigenvalue weighted by Gasteiger charge is -2.17. The molecular weight excluding hydrogens is 272 g/mol. The molecule has 0 aliphatic carbocycles. The number of nitrogens with one attached hydrogen (secondary N) is 1. The summed E-state index contributed by atoms with van der Waals surface area (Å²) in [6.45, 7) is 3.93. The standard InChI is InChI=1S/C18H20N4/c1-2-10-22(9-1)16-5-3-14(4-6-16)17-11-15(7-8-20-17)18-12-19-13-21-18/h3-8,11,19H,1-2,9-10,12-13H2. The van der Waals surface area contributed by atoms with Gasteiger partial charge in [-0.05, 0) is 37.1 Å². The van der Waals surface area contributed by atoms with Gasteiger partial charge >= 0.3 is 0 Å². The van der Waals surface area contributed by atoms with E-state index in [4.69, 9.17) is 0 Å². The summed E-state index contributed by atoms with van der Waals surface area (Å²) < 4.78 is 0. The van der Waals surface area contributed by atoms with Crippen molar-refractivity contribution < 1.29 is 0 Å². The zero-order valence-electron chi connectivity index (χ0n) is 12.6. The molecular formula is C18H20N4. The highest BCUT2D eigenvalue weighted by atomic mass is 15.1.